The van der Waals surface area contributed by atoms with Gasteiger partial charge in [0.25, 0.3) is 0 Å². The second-order valence-electron chi connectivity index (χ2n) is 3.46. The summed E-state index contributed by atoms with van der Waals surface area (Å²) in [4.78, 5) is 0. The van der Waals surface area contributed by atoms with Gasteiger partial charge in [-0.25, -0.2) is 0 Å². The summed E-state index contributed by atoms with van der Waals surface area (Å²) >= 11 is 0. The van der Waals surface area contributed by atoms with Crippen LogP contribution in [0.1, 0.15) is 27.7 Å². The molecule has 1 aliphatic rings. The molecule has 1 fully saturated rings. The maximum absolute atomic E-state index is 5.05. The zero-order valence-electron chi connectivity index (χ0n) is 8.89. The molecule has 0 unspecified atom stereocenters. The van der Waals surface area contributed by atoms with E-state index in [1.165, 1.54) is 0 Å². The first-order valence-electron chi connectivity index (χ1n) is 5.07. The minimum absolute atomic E-state index is 0.765. The van der Waals surface area contributed by atoms with Gasteiger partial charge in [-0.2, -0.15) is 0 Å². The van der Waals surface area contributed by atoms with E-state index in [-0.39, 0.29) is 0 Å². The molecule has 74 valence electrons. The summed E-state index contributed by atoms with van der Waals surface area (Å²) in [6.45, 7) is 12.7. The lowest BCUT2D eigenvalue weighted by Crippen LogP contribution is -2.37. The molecule has 0 aromatic carbocycles. The van der Waals surface area contributed by atoms with Crippen molar-refractivity contribution in [1.82, 2.24) is 5.32 Å². The van der Waals surface area contributed by atoms with Gasteiger partial charge in [0.1, 0.15) is 0 Å². The first-order chi connectivity index (χ1) is 5.79. The fourth-order valence-corrected chi connectivity index (χ4v) is 0.979. The van der Waals surface area contributed by atoms with Crippen LogP contribution in [0, 0.1) is 11.8 Å². The highest BCUT2D eigenvalue weighted by molar-refractivity contribution is 4.68. The van der Waals surface area contributed by atoms with Crippen molar-refractivity contribution in [1.29, 1.82) is 0 Å². The molecular weight excluding hydrogens is 150 g/mol. The van der Waals surface area contributed by atoms with Gasteiger partial charge in [-0.15, -0.1) is 0 Å². The molecule has 1 heterocycles. The summed E-state index contributed by atoms with van der Waals surface area (Å²) < 4.78 is 5.05. The summed E-state index contributed by atoms with van der Waals surface area (Å²) in [5.41, 5.74) is 0. The van der Waals surface area contributed by atoms with Crippen molar-refractivity contribution in [2.24, 2.45) is 11.8 Å². The normalized spacial score (nSPS) is 16.8. The molecule has 12 heavy (non-hydrogen) atoms. The van der Waals surface area contributed by atoms with Gasteiger partial charge >= 0.3 is 0 Å². The summed E-state index contributed by atoms with van der Waals surface area (Å²) in [5, 5.41) is 3.41. The van der Waals surface area contributed by atoms with Gasteiger partial charge in [-0.3, -0.25) is 0 Å². The Bertz CT molecular complexity index is 89.8. The van der Waals surface area contributed by atoms with Crippen molar-refractivity contribution in [2.75, 3.05) is 26.3 Å². The van der Waals surface area contributed by atoms with E-state index in [0.29, 0.717) is 0 Å². The second-order valence-corrected chi connectivity index (χ2v) is 3.46. The van der Waals surface area contributed by atoms with Gasteiger partial charge < -0.3 is 10.1 Å². The minimum Gasteiger partial charge on any atom is -0.381 e. The van der Waals surface area contributed by atoms with Crippen molar-refractivity contribution >= 4 is 0 Å². The Hall–Kier alpha value is -0.0800. The first-order valence-corrected chi connectivity index (χ1v) is 5.07. The zero-order valence-corrected chi connectivity index (χ0v) is 8.89. The zero-order chi connectivity index (χ0) is 9.40. The largest absolute Gasteiger partial charge is 0.381 e. The number of nitrogens with one attached hydrogen (secondary N) is 1. The molecule has 2 heteroatoms. The molecule has 2 nitrogen and oxygen atoms in total. The molecule has 0 radical (unpaired) electrons. The topological polar surface area (TPSA) is 21.3 Å². The predicted octanol–water partition coefficient (Wildman–Crippen LogP) is 1.90. The molecule has 1 rings (SSSR count). The standard InChI is InChI=1S/C8H17NO.C2H6/c1-7(2)3-9-4-8-5-10-6-8;1-2/h7-9H,3-6H2,1-2H3;1-2H3. The van der Waals surface area contributed by atoms with E-state index >= 15 is 0 Å². The molecule has 0 aromatic heterocycles. The molecule has 1 saturated heterocycles. The number of hydrogen-bond donors (Lipinski definition) is 1. The number of hydrogen-bond acceptors (Lipinski definition) is 2. The maximum atomic E-state index is 5.05. The van der Waals surface area contributed by atoms with Crippen molar-refractivity contribution < 1.29 is 4.74 Å². The van der Waals surface area contributed by atoms with E-state index < -0.39 is 0 Å². The summed E-state index contributed by atoms with van der Waals surface area (Å²) in [6, 6.07) is 0. The Labute approximate surface area is 76.7 Å². The van der Waals surface area contributed by atoms with E-state index in [1.54, 1.807) is 0 Å². The second kappa shape index (κ2) is 7.56. The number of rotatable bonds is 4. The third-order valence-corrected chi connectivity index (χ3v) is 1.69. The van der Waals surface area contributed by atoms with E-state index in [9.17, 15) is 0 Å². The fraction of sp³-hybridized carbons (Fsp3) is 1.00. The number of ether oxygens (including phenoxy) is 1. The Morgan fingerprint density at radius 3 is 2.25 bits per heavy atom. The molecule has 0 amide bonds. The SMILES string of the molecule is CC.CC(C)CNCC1COC1. The third-order valence-electron chi connectivity index (χ3n) is 1.69. The van der Waals surface area contributed by atoms with Gasteiger partial charge in [0, 0.05) is 12.5 Å². The Morgan fingerprint density at radius 2 is 1.92 bits per heavy atom. The van der Waals surface area contributed by atoms with Crippen LogP contribution >= 0.6 is 0 Å². The lowest BCUT2D eigenvalue weighted by Gasteiger charge is -2.26. The van der Waals surface area contributed by atoms with Gasteiger partial charge in [0.15, 0.2) is 0 Å². The summed E-state index contributed by atoms with van der Waals surface area (Å²) in [6.07, 6.45) is 0. The highest BCUT2D eigenvalue weighted by Crippen LogP contribution is 2.07. The van der Waals surface area contributed by atoms with Crippen LogP contribution in [0.15, 0.2) is 0 Å². The van der Waals surface area contributed by atoms with Gasteiger partial charge in [-0.05, 0) is 12.5 Å². The van der Waals surface area contributed by atoms with Crippen LogP contribution in [0.25, 0.3) is 0 Å². The van der Waals surface area contributed by atoms with E-state index in [2.05, 4.69) is 19.2 Å². The molecule has 1 aliphatic heterocycles. The molecule has 1 N–H and O–H groups in total. The lowest BCUT2D eigenvalue weighted by molar-refractivity contribution is -0.0307. The highest BCUT2D eigenvalue weighted by Gasteiger charge is 2.16. The molecule has 0 atom stereocenters. The van der Waals surface area contributed by atoms with Crippen LogP contribution in [-0.2, 0) is 4.74 Å². The Kier molecular flexibility index (Phi) is 7.51. The summed E-state index contributed by atoms with van der Waals surface area (Å²) in [7, 11) is 0. The van der Waals surface area contributed by atoms with Crippen LogP contribution in [0.2, 0.25) is 0 Å². The van der Waals surface area contributed by atoms with Crippen molar-refractivity contribution in [3.05, 3.63) is 0 Å². The smallest absolute Gasteiger partial charge is 0.0528 e. The quantitative estimate of drug-likeness (QED) is 0.701. The van der Waals surface area contributed by atoms with E-state index in [0.717, 1.165) is 38.1 Å². The lowest BCUT2D eigenvalue weighted by atomic mass is 10.1. The third kappa shape index (κ3) is 5.56. The van der Waals surface area contributed by atoms with Crippen LogP contribution < -0.4 is 5.32 Å². The molecule has 0 spiro atoms. The monoisotopic (exact) mass is 173 g/mol. The minimum atomic E-state index is 0.765. The Morgan fingerprint density at radius 1 is 1.33 bits per heavy atom. The van der Waals surface area contributed by atoms with Gasteiger partial charge in [0.2, 0.25) is 0 Å². The molecular formula is C10H23NO. The average Bonchev–Trinajstić information content (AvgIpc) is 1.98. The highest BCUT2D eigenvalue weighted by atomic mass is 16.5. The molecule has 0 aromatic rings. The van der Waals surface area contributed by atoms with Gasteiger partial charge in [-0.1, -0.05) is 27.7 Å². The van der Waals surface area contributed by atoms with Crippen LogP contribution in [0.5, 0.6) is 0 Å². The molecule has 0 bridgehead atoms. The van der Waals surface area contributed by atoms with Crippen molar-refractivity contribution in [2.45, 2.75) is 27.7 Å². The maximum Gasteiger partial charge on any atom is 0.0528 e. The van der Waals surface area contributed by atoms with Crippen molar-refractivity contribution in [3.63, 3.8) is 0 Å². The predicted molar refractivity (Wildman–Crippen MR) is 53.4 cm³/mol. The van der Waals surface area contributed by atoms with Crippen LogP contribution in [0.4, 0.5) is 0 Å². The van der Waals surface area contributed by atoms with Crippen LogP contribution in [0.3, 0.4) is 0 Å². The van der Waals surface area contributed by atoms with Gasteiger partial charge in [0.05, 0.1) is 13.2 Å². The van der Waals surface area contributed by atoms with E-state index in [4.69, 9.17) is 4.74 Å². The summed E-state index contributed by atoms with van der Waals surface area (Å²) in [5.74, 6) is 1.56. The fourth-order valence-electron chi connectivity index (χ4n) is 0.979. The Balaban J connectivity index is 0.000000561. The van der Waals surface area contributed by atoms with Crippen LogP contribution in [-0.4, -0.2) is 26.3 Å². The molecule has 0 aliphatic carbocycles. The van der Waals surface area contributed by atoms with E-state index in [1.807, 2.05) is 13.8 Å². The van der Waals surface area contributed by atoms with Crippen molar-refractivity contribution in [3.8, 4) is 0 Å². The average molecular weight is 173 g/mol. The first kappa shape index (κ1) is 11.9. The molecule has 0 saturated carbocycles.